The van der Waals surface area contributed by atoms with E-state index in [1.54, 1.807) is 29.2 Å². The highest BCUT2D eigenvalue weighted by atomic mass is 32.2. The van der Waals surface area contributed by atoms with Gasteiger partial charge < -0.3 is 10.2 Å². The largest absolute Gasteiger partial charge is 0.332 e. The van der Waals surface area contributed by atoms with Gasteiger partial charge in [0, 0.05) is 30.8 Å². The van der Waals surface area contributed by atoms with Crippen LogP contribution in [0.15, 0.2) is 24.3 Å². The van der Waals surface area contributed by atoms with Crippen molar-refractivity contribution in [2.75, 3.05) is 24.2 Å². The average Bonchev–Trinajstić information content (AvgIpc) is 2.82. The third kappa shape index (κ3) is 3.60. The first-order chi connectivity index (χ1) is 9.58. The molecule has 1 fully saturated rings. The van der Waals surface area contributed by atoms with E-state index >= 15 is 0 Å². The maximum absolute atomic E-state index is 11.9. The lowest BCUT2D eigenvalue weighted by Gasteiger charge is -2.14. The van der Waals surface area contributed by atoms with Gasteiger partial charge in [0.05, 0.1) is 5.69 Å². The van der Waals surface area contributed by atoms with Crippen LogP contribution in [0.5, 0.6) is 0 Å². The second-order valence-corrected chi connectivity index (χ2v) is 5.55. The van der Waals surface area contributed by atoms with Crippen LogP contribution in [0.3, 0.4) is 0 Å². The highest BCUT2D eigenvalue weighted by Crippen LogP contribution is 2.18. The summed E-state index contributed by atoms with van der Waals surface area (Å²) in [5, 5.41) is 2.76. The molecule has 0 atom stereocenters. The van der Waals surface area contributed by atoms with Crippen LogP contribution in [0.1, 0.15) is 23.7 Å². The van der Waals surface area contributed by atoms with Gasteiger partial charge in [-0.15, -0.1) is 0 Å². The Morgan fingerprint density at radius 2 is 2.10 bits per heavy atom. The molecule has 0 saturated carbocycles. The molecule has 2 rings (SSSR count). The summed E-state index contributed by atoms with van der Waals surface area (Å²) in [6, 6.07) is 6.90. The number of rotatable bonds is 5. The maximum Gasteiger partial charge on any atom is 0.281 e. The third-order valence-corrected chi connectivity index (χ3v) is 3.93. The zero-order valence-electron chi connectivity index (χ0n) is 11.2. The number of amides is 2. The van der Waals surface area contributed by atoms with E-state index in [4.69, 9.17) is 0 Å². The van der Waals surface area contributed by atoms with Crippen LogP contribution >= 0.6 is 11.8 Å². The van der Waals surface area contributed by atoms with E-state index in [-0.39, 0.29) is 23.4 Å². The predicted octanol–water partition coefficient (Wildman–Crippen LogP) is 2.39. The fraction of sp³-hybridized carbons (Fsp3) is 0.357. The number of nitrogens with one attached hydrogen (secondary N) is 1. The molecular formula is C14H16N2O3S. The van der Waals surface area contributed by atoms with Gasteiger partial charge in [-0.1, -0.05) is 23.9 Å². The Kier molecular flexibility index (Phi) is 4.79. The lowest BCUT2D eigenvalue weighted by atomic mass is 10.1. The van der Waals surface area contributed by atoms with Gasteiger partial charge in [0.25, 0.3) is 5.24 Å². The smallest absolute Gasteiger partial charge is 0.281 e. The maximum atomic E-state index is 11.9. The van der Waals surface area contributed by atoms with Crippen molar-refractivity contribution in [3.63, 3.8) is 0 Å². The van der Waals surface area contributed by atoms with Gasteiger partial charge in [0.15, 0.2) is 5.78 Å². The molecule has 0 spiro atoms. The fourth-order valence-corrected chi connectivity index (χ4v) is 2.83. The zero-order valence-corrected chi connectivity index (χ0v) is 12.0. The highest BCUT2D eigenvalue weighted by Gasteiger charge is 2.21. The molecule has 1 saturated heterocycles. The van der Waals surface area contributed by atoms with E-state index in [1.807, 2.05) is 0 Å². The van der Waals surface area contributed by atoms with Crippen molar-refractivity contribution < 1.29 is 14.4 Å². The lowest BCUT2D eigenvalue weighted by molar-refractivity contribution is -0.116. The number of ketones is 1. The summed E-state index contributed by atoms with van der Waals surface area (Å²) in [4.78, 5) is 36.4. The quantitative estimate of drug-likeness (QED) is 0.846. The molecule has 0 aliphatic carbocycles. The summed E-state index contributed by atoms with van der Waals surface area (Å²) < 4.78 is 0. The number of hydrogen-bond acceptors (Lipinski definition) is 4. The van der Waals surface area contributed by atoms with Gasteiger partial charge in [-0.05, 0) is 19.1 Å². The molecule has 1 N–H and O–H groups in total. The van der Waals surface area contributed by atoms with Crippen LogP contribution in [0.25, 0.3) is 0 Å². The van der Waals surface area contributed by atoms with Crippen LogP contribution < -0.4 is 5.32 Å². The number of benzene rings is 1. The van der Waals surface area contributed by atoms with Crippen LogP contribution in [0.2, 0.25) is 0 Å². The minimum absolute atomic E-state index is 0.0296. The minimum atomic E-state index is -0.191. The number of Topliss-reactive ketones (excluding diaryl/α,β-unsaturated/α-hetero) is 1. The first-order valence-electron chi connectivity index (χ1n) is 6.39. The Morgan fingerprint density at radius 1 is 1.35 bits per heavy atom. The molecule has 106 valence electrons. The number of para-hydroxylation sites is 1. The van der Waals surface area contributed by atoms with E-state index in [0.29, 0.717) is 24.3 Å². The van der Waals surface area contributed by atoms with Crippen molar-refractivity contribution in [2.24, 2.45) is 0 Å². The Labute approximate surface area is 121 Å². The summed E-state index contributed by atoms with van der Waals surface area (Å²) in [5.41, 5.74) is 1.01. The number of nitrogens with zero attached hydrogens (tertiary/aromatic N) is 1. The molecule has 1 aromatic carbocycles. The lowest BCUT2D eigenvalue weighted by Crippen LogP contribution is -2.28. The molecular weight excluding hydrogens is 276 g/mol. The van der Waals surface area contributed by atoms with Crippen molar-refractivity contribution in [3.05, 3.63) is 29.8 Å². The van der Waals surface area contributed by atoms with E-state index in [1.165, 1.54) is 18.7 Å². The SMILES string of the molecule is CC(=O)c1ccccc1NC(=O)CCN1CCSC1=O. The molecule has 0 bridgehead atoms. The van der Waals surface area contributed by atoms with Crippen LogP contribution in [-0.2, 0) is 4.79 Å². The molecule has 1 aromatic rings. The molecule has 20 heavy (non-hydrogen) atoms. The van der Waals surface area contributed by atoms with E-state index < -0.39 is 0 Å². The average molecular weight is 292 g/mol. The molecule has 0 unspecified atom stereocenters. The van der Waals surface area contributed by atoms with Crippen molar-refractivity contribution in [3.8, 4) is 0 Å². The first kappa shape index (κ1) is 14.6. The second kappa shape index (κ2) is 6.56. The van der Waals surface area contributed by atoms with Gasteiger partial charge in [0.1, 0.15) is 0 Å². The minimum Gasteiger partial charge on any atom is -0.332 e. The molecule has 0 aromatic heterocycles. The van der Waals surface area contributed by atoms with Gasteiger partial charge >= 0.3 is 0 Å². The topological polar surface area (TPSA) is 66.5 Å². The first-order valence-corrected chi connectivity index (χ1v) is 7.38. The van der Waals surface area contributed by atoms with Crippen molar-refractivity contribution >= 4 is 34.4 Å². The van der Waals surface area contributed by atoms with Gasteiger partial charge in [0.2, 0.25) is 5.91 Å². The zero-order chi connectivity index (χ0) is 14.5. The summed E-state index contributed by atoms with van der Waals surface area (Å²) in [6.45, 7) is 2.58. The van der Waals surface area contributed by atoms with Crippen LogP contribution in [-0.4, -0.2) is 40.7 Å². The Bertz CT molecular complexity index is 545. The molecule has 1 heterocycles. The van der Waals surface area contributed by atoms with Gasteiger partial charge in [-0.25, -0.2) is 0 Å². The molecule has 0 radical (unpaired) electrons. The number of carbonyl (C=O) groups is 3. The number of hydrogen-bond donors (Lipinski definition) is 1. The Morgan fingerprint density at radius 3 is 2.75 bits per heavy atom. The van der Waals surface area contributed by atoms with E-state index in [9.17, 15) is 14.4 Å². The predicted molar refractivity (Wildman–Crippen MR) is 79.1 cm³/mol. The van der Waals surface area contributed by atoms with E-state index in [0.717, 1.165) is 5.75 Å². The van der Waals surface area contributed by atoms with Crippen LogP contribution in [0, 0.1) is 0 Å². The number of thioether (sulfide) groups is 1. The van der Waals surface area contributed by atoms with Gasteiger partial charge in [-0.3, -0.25) is 14.4 Å². The number of carbonyl (C=O) groups excluding carboxylic acids is 3. The highest BCUT2D eigenvalue weighted by molar-refractivity contribution is 8.13. The Balaban J connectivity index is 1.91. The summed E-state index contributed by atoms with van der Waals surface area (Å²) in [6.07, 6.45) is 0.235. The van der Waals surface area contributed by atoms with Crippen LogP contribution in [0.4, 0.5) is 10.5 Å². The molecule has 1 aliphatic rings. The fourth-order valence-electron chi connectivity index (χ4n) is 1.98. The molecule has 6 heteroatoms. The molecule has 2 amide bonds. The van der Waals surface area contributed by atoms with Gasteiger partial charge in [-0.2, -0.15) is 0 Å². The summed E-state index contributed by atoms with van der Waals surface area (Å²) in [7, 11) is 0. The second-order valence-electron chi connectivity index (χ2n) is 4.50. The third-order valence-electron chi connectivity index (χ3n) is 3.03. The summed E-state index contributed by atoms with van der Waals surface area (Å²) in [5.74, 6) is 0.503. The van der Waals surface area contributed by atoms with Crippen molar-refractivity contribution in [1.29, 1.82) is 0 Å². The Hall–Kier alpha value is -1.82. The van der Waals surface area contributed by atoms with E-state index in [2.05, 4.69) is 5.32 Å². The van der Waals surface area contributed by atoms with Crippen molar-refractivity contribution in [1.82, 2.24) is 4.90 Å². The number of anilines is 1. The monoisotopic (exact) mass is 292 g/mol. The van der Waals surface area contributed by atoms with Crippen molar-refractivity contribution in [2.45, 2.75) is 13.3 Å². The molecule has 5 nitrogen and oxygen atoms in total. The molecule has 1 aliphatic heterocycles. The summed E-state index contributed by atoms with van der Waals surface area (Å²) >= 11 is 1.28. The normalized spacial score (nSPS) is 14.4. The standard InChI is InChI=1S/C14H16N2O3S/c1-10(17)11-4-2-3-5-12(11)15-13(18)6-7-16-8-9-20-14(16)19/h2-5H,6-9H2,1H3,(H,15,18).